The Morgan fingerprint density at radius 2 is 1.85 bits per heavy atom. The van der Waals surface area contributed by atoms with Gasteiger partial charge in [0, 0.05) is 25.6 Å². The van der Waals surface area contributed by atoms with E-state index in [-0.39, 0.29) is 18.0 Å². The maximum atomic E-state index is 12.0. The largest absolute Gasteiger partial charge is 0.494 e. The summed E-state index contributed by atoms with van der Waals surface area (Å²) in [6.07, 6.45) is 4.35. The number of hydrogen-bond acceptors (Lipinski definition) is 4. The van der Waals surface area contributed by atoms with Gasteiger partial charge >= 0.3 is 6.09 Å². The van der Waals surface area contributed by atoms with Crippen LogP contribution in [0.2, 0.25) is 0 Å². The Morgan fingerprint density at radius 3 is 2.54 bits per heavy atom. The van der Waals surface area contributed by atoms with Gasteiger partial charge in [0.25, 0.3) is 0 Å². The molecule has 0 unspecified atom stereocenters. The summed E-state index contributed by atoms with van der Waals surface area (Å²) >= 11 is 0. The van der Waals surface area contributed by atoms with Crippen molar-refractivity contribution >= 4 is 12.0 Å². The van der Waals surface area contributed by atoms with Crippen molar-refractivity contribution in [3.8, 4) is 5.75 Å². The van der Waals surface area contributed by atoms with Crippen molar-refractivity contribution in [1.82, 2.24) is 10.2 Å². The molecule has 6 heteroatoms. The highest BCUT2D eigenvalue weighted by atomic mass is 16.6. The van der Waals surface area contributed by atoms with Gasteiger partial charge in [0.1, 0.15) is 5.75 Å². The van der Waals surface area contributed by atoms with E-state index in [0.717, 1.165) is 31.4 Å². The second kappa shape index (κ2) is 11.4. The molecule has 0 aliphatic carbocycles. The summed E-state index contributed by atoms with van der Waals surface area (Å²) < 4.78 is 10.8. The van der Waals surface area contributed by atoms with Gasteiger partial charge in [-0.25, -0.2) is 4.79 Å². The molecule has 26 heavy (non-hydrogen) atoms. The zero-order chi connectivity index (χ0) is 18.6. The van der Waals surface area contributed by atoms with Gasteiger partial charge in [0.15, 0.2) is 0 Å². The van der Waals surface area contributed by atoms with Crippen molar-refractivity contribution in [2.24, 2.45) is 0 Å². The number of benzene rings is 1. The van der Waals surface area contributed by atoms with Crippen molar-refractivity contribution < 1.29 is 19.1 Å². The Bertz CT molecular complexity index is 542. The van der Waals surface area contributed by atoms with Crippen LogP contribution in [0.25, 0.3) is 0 Å². The third-order valence-electron chi connectivity index (χ3n) is 4.40. The molecular formula is C20H30N2O4. The van der Waals surface area contributed by atoms with Crippen molar-refractivity contribution in [2.75, 3.05) is 26.3 Å². The van der Waals surface area contributed by atoms with Gasteiger partial charge in [-0.3, -0.25) is 4.79 Å². The number of ether oxygens (including phenoxy) is 2. The molecule has 1 aromatic carbocycles. The number of amides is 2. The fourth-order valence-electron chi connectivity index (χ4n) is 2.84. The molecule has 1 aromatic rings. The van der Waals surface area contributed by atoms with Crippen LogP contribution in [-0.4, -0.2) is 49.2 Å². The highest BCUT2D eigenvalue weighted by Crippen LogP contribution is 2.12. The normalized spacial score (nSPS) is 14.7. The molecule has 0 saturated carbocycles. The molecular weight excluding hydrogens is 332 g/mol. The number of nitrogens with zero attached hydrogens (tertiary/aromatic N) is 1. The number of hydrogen-bond donors (Lipinski definition) is 1. The fraction of sp³-hybridized carbons (Fsp3) is 0.600. The van der Waals surface area contributed by atoms with Crippen molar-refractivity contribution in [3.05, 3.63) is 30.3 Å². The molecule has 1 saturated heterocycles. The lowest BCUT2D eigenvalue weighted by atomic mass is 10.1. The number of piperidine rings is 1. The van der Waals surface area contributed by atoms with E-state index >= 15 is 0 Å². The molecule has 1 aliphatic rings. The molecule has 0 aromatic heterocycles. The van der Waals surface area contributed by atoms with Crippen LogP contribution in [0.15, 0.2) is 30.3 Å². The van der Waals surface area contributed by atoms with E-state index in [9.17, 15) is 9.59 Å². The second-order valence-electron chi connectivity index (χ2n) is 6.56. The molecule has 2 rings (SSSR count). The van der Waals surface area contributed by atoms with Crippen LogP contribution in [0.5, 0.6) is 5.75 Å². The molecule has 0 radical (unpaired) electrons. The predicted molar refractivity (Wildman–Crippen MR) is 100 cm³/mol. The van der Waals surface area contributed by atoms with Gasteiger partial charge in [0.2, 0.25) is 5.91 Å². The summed E-state index contributed by atoms with van der Waals surface area (Å²) in [6, 6.07) is 9.73. The van der Waals surface area contributed by atoms with Crippen molar-refractivity contribution in [2.45, 2.75) is 51.5 Å². The first-order chi connectivity index (χ1) is 12.7. The van der Waals surface area contributed by atoms with Crippen LogP contribution in [0.1, 0.15) is 45.4 Å². The van der Waals surface area contributed by atoms with E-state index in [2.05, 4.69) is 12.2 Å². The van der Waals surface area contributed by atoms with Gasteiger partial charge in [-0.15, -0.1) is 0 Å². The predicted octanol–water partition coefficient (Wildman–Crippen LogP) is 3.36. The van der Waals surface area contributed by atoms with Crippen LogP contribution < -0.4 is 10.1 Å². The first kappa shape index (κ1) is 20.1. The molecule has 1 aliphatic heterocycles. The van der Waals surface area contributed by atoms with Gasteiger partial charge < -0.3 is 19.7 Å². The minimum absolute atomic E-state index is 0.0469. The smallest absolute Gasteiger partial charge is 0.409 e. The summed E-state index contributed by atoms with van der Waals surface area (Å²) in [6.45, 7) is 4.34. The number of rotatable bonds is 9. The summed E-state index contributed by atoms with van der Waals surface area (Å²) in [5.41, 5.74) is 0. The maximum Gasteiger partial charge on any atom is 0.409 e. The molecule has 1 N–H and O–H groups in total. The Kier molecular flexibility index (Phi) is 8.79. The summed E-state index contributed by atoms with van der Waals surface area (Å²) in [5.74, 6) is 0.872. The molecule has 0 bridgehead atoms. The SMILES string of the molecule is CCCCOC(=O)N1CCC(NC(=O)CCCOc2ccccc2)CC1. The molecule has 0 spiro atoms. The average molecular weight is 362 g/mol. The first-order valence-corrected chi connectivity index (χ1v) is 9.58. The molecule has 6 nitrogen and oxygen atoms in total. The summed E-state index contributed by atoms with van der Waals surface area (Å²) in [7, 11) is 0. The van der Waals surface area contributed by atoms with E-state index in [4.69, 9.17) is 9.47 Å². The lowest BCUT2D eigenvalue weighted by Gasteiger charge is -2.31. The average Bonchev–Trinajstić information content (AvgIpc) is 2.67. The van der Waals surface area contributed by atoms with Crippen molar-refractivity contribution in [3.63, 3.8) is 0 Å². The Morgan fingerprint density at radius 1 is 1.12 bits per heavy atom. The van der Waals surface area contributed by atoms with Crippen molar-refractivity contribution in [1.29, 1.82) is 0 Å². The number of carbonyl (C=O) groups excluding carboxylic acids is 2. The van der Waals surface area contributed by atoms with Gasteiger partial charge in [-0.1, -0.05) is 31.5 Å². The van der Waals surface area contributed by atoms with E-state index in [1.165, 1.54) is 0 Å². The third kappa shape index (κ3) is 7.33. The van der Waals surface area contributed by atoms with Crippen LogP contribution >= 0.6 is 0 Å². The number of para-hydroxylation sites is 1. The molecule has 144 valence electrons. The van der Waals surface area contributed by atoms with Crippen LogP contribution in [0.4, 0.5) is 4.79 Å². The van der Waals surface area contributed by atoms with Crippen LogP contribution in [0, 0.1) is 0 Å². The second-order valence-corrected chi connectivity index (χ2v) is 6.56. The van der Waals surface area contributed by atoms with Gasteiger partial charge in [-0.2, -0.15) is 0 Å². The highest BCUT2D eigenvalue weighted by molar-refractivity contribution is 5.76. The molecule has 2 amide bonds. The van der Waals surface area contributed by atoms with E-state index in [1.54, 1.807) is 4.90 Å². The third-order valence-corrected chi connectivity index (χ3v) is 4.40. The Balaban J connectivity index is 1.55. The summed E-state index contributed by atoms with van der Waals surface area (Å²) in [5, 5.41) is 3.06. The topological polar surface area (TPSA) is 67.9 Å². The number of unbranched alkanes of at least 4 members (excludes halogenated alkanes) is 1. The van der Waals surface area contributed by atoms with E-state index < -0.39 is 0 Å². The zero-order valence-electron chi connectivity index (χ0n) is 15.6. The molecule has 0 atom stereocenters. The molecule has 1 fully saturated rings. The lowest BCUT2D eigenvalue weighted by molar-refractivity contribution is -0.122. The van der Waals surface area contributed by atoms with Gasteiger partial charge in [0.05, 0.1) is 13.2 Å². The number of likely N-dealkylation sites (tertiary alicyclic amines) is 1. The Labute approximate surface area is 155 Å². The van der Waals surface area contributed by atoms with Crippen LogP contribution in [0.3, 0.4) is 0 Å². The lowest BCUT2D eigenvalue weighted by Crippen LogP contribution is -2.46. The van der Waals surface area contributed by atoms with E-state index in [0.29, 0.717) is 39.1 Å². The van der Waals surface area contributed by atoms with E-state index in [1.807, 2.05) is 30.3 Å². The number of carbonyl (C=O) groups is 2. The Hall–Kier alpha value is -2.24. The van der Waals surface area contributed by atoms with Crippen LogP contribution in [-0.2, 0) is 9.53 Å². The first-order valence-electron chi connectivity index (χ1n) is 9.58. The maximum absolute atomic E-state index is 12.0. The zero-order valence-corrected chi connectivity index (χ0v) is 15.6. The quantitative estimate of drug-likeness (QED) is 0.684. The minimum Gasteiger partial charge on any atom is -0.494 e. The standard InChI is InChI=1S/C20H30N2O4/c1-2-3-15-26-20(24)22-13-11-17(12-14-22)21-19(23)10-7-16-25-18-8-5-4-6-9-18/h4-6,8-9,17H,2-3,7,10-16H2,1H3,(H,21,23). The van der Waals surface area contributed by atoms with Gasteiger partial charge in [-0.05, 0) is 37.8 Å². The monoisotopic (exact) mass is 362 g/mol. The summed E-state index contributed by atoms with van der Waals surface area (Å²) in [4.78, 5) is 25.7. The minimum atomic E-state index is -0.235. The highest BCUT2D eigenvalue weighted by Gasteiger charge is 2.24. The fourth-order valence-corrected chi connectivity index (χ4v) is 2.84. The molecule has 1 heterocycles. The number of nitrogens with one attached hydrogen (secondary N) is 1.